The van der Waals surface area contributed by atoms with Gasteiger partial charge in [-0.25, -0.2) is 0 Å². The lowest BCUT2D eigenvalue weighted by Gasteiger charge is -2.09. The summed E-state index contributed by atoms with van der Waals surface area (Å²) in [5.41, 5.74) is 5.77. The van der Waals surface area contributed by atoms with E-state index in [9.17, 15) is 15.0 Å². The number of phenolic OH excluding ortho intramolecular Hbond substituents is 2. The Bertz CT molecular complexity index is 352. The average Bonchev–Trinajstić information content (AvgIpc) is 2.12. The minimum absolute atomic E-state index is 0.165. The number of carboxylic acids is 1. The summed E-state index contributed by atoms with van der Waals surface area (Å²) >= 11 is 0. The van der Waals surface area contributed by atoms with Crippen LogP contribution in [0.4, 0.5) is 0 Å². The van der Waals surface area contributed by atoms with Gasteiger partial charge in [0.1, 0.15) is 17.5 Å². The second-order valence-electron chi connectivity index (χ2n) is 3.00. The fourth-order valence-corrected chi connectivity index (χ4v) is 1.03. The SMILES string of the molecule is Cc1c(O)cc([C@@H](N)C(=O)O)cc1O. The predicted molar refractivity (Wildman–Crippen MR) is 49.1 cm³/mol. The van der Waals surface area contributed by atoms with Gasteiger partial charge in [-0.3, -0.25) is 4.79 Å². The molecule has 0 aliphatic heterocycles. The predicted octanol–water partition coefficient (Wildman–Crippen LogP) is 0.491. The Morgan fingerprint density at radius 2 is 1.79 bits per heavy atom. The number of hydrogen-bond acceptors (Lipinski definition) is 4. The maximum Gasteiger partial charge on any atom is 0.325 e. The van der Waals surface area contributed by atoms with Crippen molar-refractivity contribution in [1.82, 2.24) is 0 Å². The van der Waals surface area contributed by atoms with Crippen LogP contribution < -0.4 is 5.73 Å². The van der Waals surface area contributed by atoms with E-state index in [2.05, 4.69) is 0 Å². The zero-order chi connectivity index (χ0) is 10.9. The number of carboxylic acid groups (broad SMARTS) is 1. The summed E-state index contributed by atoms with van der Waals surface area (Å²) in [7, 11) is 0. The maximum absolute atomic E-state index is 10.5. The van der Waals surface area contributed by atoms with Crippen molar-refractivity contribution in [3.05, 3.63) is 23.3 Å². The largest absolute Gasteiger partial charge is 0.508 e. The van der Waals surface area contributed by atoms with Crippen molar-refractivity contribution in [2.24, 2.45) is 5.73 Å². The smallest absolute Gasteiger partial charge is 0.325 e. The van der Waals surface area contributed by atoms with Gasteiger partial charge >= 0.3 is 5.97 Å². The van der Waals surface area contributed by atoms with E-state index in [4.69, 9.17) is 10.8 Å². The quantitative estimate of drug-likeness (QED) is 0.552. The van der Waals surface area contributed by atoms with Crippen LogP contribution in [0.3, 0.4) is 0 Å². The van der Waals surface area contributed by atoms with Gasteiger partial charge in [-0.1, -0.05) is 0 Å². The van der Waals surface area contributed by atoms with E-state index >= 15 is 0 Å². The van der Waals surface area contributed by atoms with Crippen molar-refractivity contribution in [3.63, 3.8) is 0 Å². The molecular weight excluding hydrogens is 186 g/mol. The topological polar surface area (TPSA) is 104 Å². The van der Waals surface area contributed by atoms with Crippen LogP contribution in [0.5, 0.6) is 11.5 Å². The molecule has 1 aromatic rings. The van der Waals surface area contributed by atoms with Gasteiger partial charge in [0.05, 0.1) is 0 Å². The molecule has 1 rings (SSSR count). The van der Waals surface area contributed by atoms with Crippen LogP contribution in [-0.4, -0.2) is 21.3 Å². The summed E-state index contributed by atoms with van der Waals surface area (Å²) in [6.07, 6.45) is 0. The third-order valence-electron chi connectivity index (χ3n) is 2.00. The van der Waals surface area contributed by atoms with E-state index in [0.717, 1.165) is 0 Å². The summed E-state index contributed by atoms with van der Waals surface area (Å²) in [4.78, 5) is 10.5. The van der Waals surface area contributed by atoms with E-state index < -0.39 is 12.0 Å². The molecule has 5 N–H and O–H groups in total. The van der Waals surface area contributed by atoms with Crippen molar-refractivity contribution in [1.29, 1.82) is 0 Å². The first kappa shape index (κ1) is 10.3. The molecule has 0 aromatic heterocycles. The molecule has 0 bridgehead atoms. The number of aromatic hydroxyl groups is 2. The molecule has 0 radical (unpaired) electrons. The highest BCUT2D eigenvalue weighted by molar-refractivity contribution is 5.75. The Labute approximate surface area is 80.4 Å². The summed E-state index contributed by atoms with van der Waals surface area (Å²) in [5, 5.41) is 27.2. The van der Waals surface area contributed by atoms with E-state index in [-0.39, 0.29) is 17.1 Å². The Kier molecular flexibility index (Phi) is 2.62. The Balaban J connectivity index is 3.19. The van der Waals surface area contributed by atoms with Gasteiger partial charge in [-0.2, -0.15) is 0 Å². The lowest BCUT2D eigenvalue weighted by atomic mass is 10.0. The van der Waals surface area contributed by atoms with Gasteiger partial charge in [0, 0.05) is 5.56 Å². The highest BCUT2D eigenvalue weighted by atomic mass is 16.4. The molecule has 5 nitrogen and oxygen atoms in total. The van der Waals surface area contributed by atoms with Gasteiger partial charge < -0.3 is 21.1 Å². The van der Waals surface area contributed by atoms with Gasteiger partial charge in [0.15, 0.2) is 0 Å². The number of phenols is 2. The van der Waals surface area contributed by atoms with Crippen LogP contribution in [0.25, 0.3) is 0 Å². The number of rotatable bonds is 2. The van der Waals surface area contributed by atoms with Crippen LogP contribution >= 0.6 is 0 Å². The second-order valence-corrected chi connectivity index (χ2v) is 3.00. The minimum atomic E-state index is -1.24. The summed E-state index contributed by atoms with van der Waals surface area (Å²) in [5.74, 6) is -1.55. The van der Waals surface area contributed by atoms with Crippen molar-refractivity contribution < 1.29 is 20.1 Å². The third-order valence-corrected chi connectivity index (χ3v) is 2.00. The first-order valence-corrected chi connectivity index (χ1v) is 3.94. The zero-order valence-corrected chi connectivity index (χ0v) is 7.56. The molecular formula is C9H11NO4. The molecule has 76 valence electrons. The molecule has 0 heterocycles. The molecule has 0 amide bonds. The van der Waals surface area contributed by atoms with E-state index in [0.29, 0.717) is 5.56 Å². The molecule has 0 fully saturated rings. The highest BCUT2D eigenvalue weighted by Gasteiger charge is 2.17. The lowest BCUT2D eigenvalue weighted by Crippen LogP contribution is -2.20. The summed E-state index contributed by atoms with van der Waals surface area (Å²) in [6.45, 7) is 1.51. The molecule has 0 unspecified atom stereocenters. The monoisotopic (exact) mass is 197 g/mol. The summed E-state index contributed by atoms with van der Waals surface area (Å²) < 4.78 is 0. The Morgan fingerprint density at radius 1 is 1.36 bits per heavy atom. The fraction of sp³-hybridized carbons (Fsp3) is 0.222. The van der Waals surface area contributed by atoms with Crippen LogP contribution in [0.2, 0.25) is 0 Å². The average molecular weight is 197 g/mol. The minimum Gasteiger partial charge on any atom is -0.508 e. The molecule has 14 heavy (non-hydrogen) atoms. The number of aliphatic carboxylic acids is 1. The van der Waals surface area contributed by atoms with Gasteiger partial charge in [-0.05, 0) is 24.6 Å². The number of hydrogen-bond donors (Lipinski definition) is 4. The van der Waals surface area contributed by atoms with Crippen molar-refractivity contribution in [2.75, 3.05) is 0 Å². The Morgan fingerprint density at radius 3 is 2.14 bits per heavy atom. The fourth-order valence-electron chi connectivity index (χ4n) is 1.03. The first-order valence-electron chi connectivity index (χ1n) is 3.94. The maximum atomic E-state index is 10.5. The van der Waals surface area contributed by atoms with Gasteiger partial charge in [0.2, 0.25) is 0 Å². The number of nitrogens with two attached hydrogens (primary N) is 1. The van der Waals surface area contributed by atoms with Crippen LogP contribution in [0.1, 0.15) is 17.2 Å². The standard InChI is InChI=1S/C9H11NO4/c1-4-6(11)2-5(3-7(4)12)8(10)9(13)14/h2-3,8,11-12H,10H2,1H3,(H,13,14)/t8-/m1/s1. The van der Waals surface area contributed by atoms with Crippen molar-refractivity contribution in [2.45, 2.75) is 13.0 Å². The van der Waals surface area contributed by atoms with E-state index in [1.807, 2.05) is 0 Å². The van der Waals surface area contributed by atoms with Crippen LogP contribution in [0.15, 0.2) is 12.1 Å². The van der Waals surface area contributed by atoms with Gasteiger partial charge in [0.25, 0.3) is 0 Å². The molecule has 1 aromatic carbocycles. The number of carbonyl (C=O) groups is 1. The second kappa shape index (κ2) is 3.55. The zero-order valence-electron chi connectivity index (χ0n) is 7.56. The Hall–Kier alpha value is -1.75. The molecule has 0 saturated carbocycles. The number of benzene rings is 1. The van der Waals surface area contributed by atoms with Crippen molar-refractivity contribution in [3.8, 4) is 11.5 Å². The molecule has 0 spiro atoms. The highest BCUT2D eigenvalue weighted by Crippen LogP contribution is 2.29. The molecule has 1 atom stereocenters. The summed E-state index contributed by atoms with van der Waals surface area (Å²) in [6, 6.07) is 1.22. The van der Waals surface area contributed by atoms with Crippen LogP contribution in [0, 0.1) is 6.92 Å². The van der Waals surface area contributed by atoms with E-state index in [1.165, 1.54) is 19.1 Å². The van der Waals surface area contributed by atoms with Gasteiger partial charge in [-0.15, -0.1) is 0 Å². The van der Waals surface area contributed by atoms with Crippen LogP contribution in [-0.2, 0) is 4.79 Å². The van der Waals surface area contributed by atoms with Crippen molar-refractivity contribution >= 4 is 5.97 Å². The molecule has 5 heteroatoms. The van der Waals surface area contributed by atoms with E-state index in [1.54, 1.807) is 0 Å². The molecule has 0 saturated heterocycles. The molecule has 0 aliphatic rings. The third kappa shape index (κ3) is 1.77. The first-order chi connectivity index (χ1) is 6.43. The molecule has 0 aliphatic carbocycles. The normalized spacial score (nSPS) is 12.4. The lowest BCUT2D eigenvalue weighted by molar-refractivity contribution is -0.138.